The topological polar surface area (TPSA) is 52.6 Å². The molecule has 2 rings (SSSR count). The Morgan fingerprint density at radius 3 is 3.00 bits per heavy atom. The average Bonchev–Trinajstić information content (AvgIpc) is 2.76. The summed E-state index contributed by atoms with van der Waals surface area (Å²) in [5.74, 6) is 0.00331. The number of hydrogen-bond acceptors (Lipinski definition) is 3. The minimum Gasteiger partial charge on any atom is -0.392 e. The molecule has 1 aliphatic heterocycles. The number of rotatable bonds is 3. The number of nitrogens with one attached hydrogen (secondary N) is 1. The van der Waals surface area contributed by atoms with Crippen LogP contribution in [0.5, 0.6) is 0 Å². The normalized spacial score (nSPS) is 19.1. The second kappa shape index (κ2) is 5.59. The molecule has 0 radical (unpaired) electrons. The number of amides is 1. The molecule has 18 heavy (non-hydrogen) atoms. The average molecular weight is 269 g/mol. The van der Waals surface area contributed by atoms with Crippen molar-refractivity contribution in [1.29, 1.82) is 0 Å². The van der Waals surface area contributed by atoms with Gasteiger partial charge >= 0.3 is 0 Å². The summed E-state index contributed by atoms with van der Waals surface area (Å²) in [5, 5.41) is 12.6. The van der Waals surface area contributed by atoms with Gasteiger partial charge in [0.1, 0.15) is 0 Å². The fourth-order valence-electron chi connectivity index (χ4n) is 2.29. The Morgan fingerprint density at radius 1 is 1.61 bits per heavy atom. The van der Waals surface area contributed by atoms with Gasteiger partial charge in [0.2, 0.25) is 5.91 Å². The molecule has 1 saturated heterocycles. The van der Waals surface area contributed by atoms with Gasteiger partial charge in [-0.2, -0.15) is 0 Å². The molecule has 2 N–H and O–H groups in total. The molecular weight excluding hydrogens is 252 g/mol. The molecule has 1 atom stereocenters. The number of carbonyl (C=O) groups excluding carboxylic acids is 1. The van der Waals surface area contributed by atoms with E-state index < -0.39 is 0 Å². The van der Waals surface area contributed by atoms with Crippen molar-refractivity contribution in [3.63, 3.8) is 0 Å². The summed E-state index contributed by atoms with van der Waals surface area (Å²) in [5.41, 5.74) is 1.77. The van der Waals surface area contributed by atoms with E-state index in [-0.39, 0.29) is 18.6 Å². The van der Waals surface area contributed by atoms with E-state index in [4.69, 9.17) is 16.7 Å². The molecule has 1 amide bonds. The minimum atomic E-state index is -0.00544. The van der Waals surface area contributed by atoms with Crippen LogP contribution in [0.4, 0.5) is 5.69 Å². The summed E-state index contributed by atoms with van der Waals surface area (Å²) in [4.78, 5) is 13.2. The highest BCUT2D eigenvalue weighted by Crippen LogP contribution is 2.29. The Bertz CT molecular complexity index is 451. The lowest BCUT2D eigenvalue weighted by Crippen LogP contribution is -2.35. The van der Waals surface area contributed by atoms with E-state index in [2.05, 4.69) is 10.2 Å². The van der Waals surface area contributed by atoms with Crippen LogP contribution >= 0.6 is 11.6 Å². The molecule has 1 aromatic carbocycles. The molecule has 0 bridgehead atoms. The van der Waals surface area contributed by atoms with Crippen LogP contribution < -0.4 is 10.2 Å². The Hall–Kier alpha value is -1.26. The van der Waals surface area contributed by atoms with Gasteiger partial charge in [-0.1, -0.05) is 17.7 Å². The van der Waals surface area contributed by atoms with E-state index in [1.165, 1.54) is 6.92 Å². The molecule has 0 spiro atoms. The summed E-state index contributed by atoms with van der Waals surface area (Å²) < 4.78 is 0. The van der Waals surface area contributed by atoms with Crippen molar-refractivity contribution < 1.29 is 9.90 Å². The Morgan fingerprint density at radius 2 is 2.39 bits per heavy atom. The molecule has 98 valence electrons. The van der Waals surface area contributed by atoms with Gasteiger partial charge in [-0.05, 0) is 24.1 Å². The first kappa shape index (κ1) is 13.2. The highest BCUT2D eigenvalue weighted by atomic mass is 35.5. The maximum absolute atomic E-state index is 11.0. The minimum absolute atomic E-state index is 0.00331. The van der Waals surface area contributed by atoms with Gasteiger partial charge in [-0.3, -0.25) is 4.79 Å². The first-order chi connectivity index (χ1) is 8.60. The molecule has 1 aromatic rings. The molecule has 0 saturated carbocycles. The van der Waals surface area contributed by atoms with E-state index in [0.717, 1.165) is 30.8 Å². The van der Waals surface area contributed by atoms with Crippen LogP contribution in [0.1, 0.15) is 18.9 Å². The summed E-state index contributed by atoms with van der Waals surface area (Å²) in [7, 11) is 0. The summed E-state index contributed by atoms with van der Waals surface area (Å²) in [6.07, 6.45) is 0.928. The van der Waals surface area contributed by atoms with E-state index >= 15 is 0 Å². The Kier molecular flexibility index (Phi) is 4.09. The van der Waals surface area contributed by atoms with Crippen molar-refractivity contribution in [3.05, 3.63) is 28.8 Å². The zero-order valence-corrected chi connectivity index (χ0v) is 11.1. The van der Waals surface area contributed by atoms with Crippen LogP contribution in [-0.4, -0.2) is 30.1 Å². The third-order valence-corrected chi connectivity index (χ3v) is 3.43. The zero-order valence-electron chi connectivity index (χ0n) is 10.3. The second-order valence-electron chi connectivity index (χ2n) is 4.58. The number of halogens is 1. The predicted octanol–water partition coefficient (Wildman–Crippen LogP) is 1.55. The number of hydrogen-bond donors (Lipinski definition) is 2. The van der Waals surface area contributed by atoms with Gasteiger partial charge in [0.15, 0.2) is 0 Å². The number of carbonyl (C=O) groups is 1. The molecule has 1 heterocycles. The van der Waals surface area contributed by atoms with Crippen LogP contribution in [0.3, 0.4) is 0 Å². The van der Waals surface area contributed by atoms with Crippen LogP contribution in [0.25, 0.3) is 0 Å². The van der Waals surface area contributed by atoms with Crippen LogP contribution in [0.2, 0.25) is 5.02 Å². The molecule has 4 nitrogen and oxygen atoms in total. The fraction of sp³-hybridized carbons (Fsp3) is 0.462. The molecule has 5 heteroatoms. The van der Waals surface area contributed by atoms with Gasteiger partial charge in [0.05, 0.1) is 17.3 Å². The zero-order chi connectivity index (χ0) is 13.1. The lowest BCUT2D eigenvalue weighted by atomic mass is 10.2. The Balaban J connectivity index is 2.07. The number of aliphatic hydroxyl groups is 1. The quantitative estimate of drug-likeness (QED) is 0.875. The number of anilines is 1. The highest BCUT2D eigenvalue weighted by molar-refractivity contribution is 6.33. The maximum atomic E-state index is 11.0. The van der Waals surface area contributed by atoms with E-state index in [1.807, 2.05) is 12.1 Å². The van der Waals surface area contributed by atoms with Gasteiger partial charge < -0.3 is 15.3 Å². The third kappa shape index (κ3) is 2.94. The lowest BCUT2D eigenvalue weighted by Gasteiger charge is -2.20. The lowest BCUT2D eigenvalue weighted by molar-refractivity contribution is -0.119. The highest BCUT2D eigenvalue weighted by Gasteiger charge is 2.24. The molecule has 0 aromatic heterocycles. The van der Waals surface area contributed by atoms with Crippen molar-refractivity contribution in [3.8, 4) is 0 Å². The summed E-state index contributed by atoms with van der Waals surface area (Å²) in [6.45, 7) is 3.18. The van der Waals surface area contributed by atoms with Gasteiger partial charge in [0, 0.05) is 26.1 Å². The first-order valence-corrected chi connectivity index (χ1v) is 6.39. The molecular formula is C13H17ClN2O2. The largest absolute Gasteiger partial charge is 0.392 e. The molecule has 1 unspecified atom stereocenters. The van der Waals surface area contributed by atoms with Gasteiger partial charge in [-0.25, -0.2) is 0 Å². The van der Waals surface area contributed by atoms with Gasteiger partial charge in [-0.15, -0.1) is 0 Å². The van der Waals surface area contributed by atoms with Crippen LogP contribution in [-0.2, 0) is 11.4 Å². The summed E-state index contributed by atoms with van der Waals surface area (Å²) >= 11 is 6.20. The number of aliphatic hydroxyl groups excluding tert-OH is 1. The third-order valence-electron chi connectivity index (χ3n) is 3.13. The fourth-order valence-corrected chi connectivity index (χ4v) is 2.61. The first-order valence-electron chi connectivity index (χ1n) is 6.01. The molecule has 1 aliphatic rings. The SMILES string of the molecule is CC(=O)NC1CCN(c2ccc(CO)cc2Cl)C1. The van der Waals surface area contributed by atoms with Crippen molar-refractivity contribution in [2.75, 3.05) is 18.0 Å². The Labute approximate surface area is 112 Å². The van der Waals surface area contributed by atoms with Crippen molar-refractivity contribution >= 4 is 23.2 Å². The van der Waals surface area contributed by atoms with Gasteiger partial charge in [0.25, 0.3) is 0 Å². The van der Waals surface area contributed by atoms with Crippen molar-refractivity contribution in [2.45, 2.75) is 26.0 Å². The molecule has 1 fully saturated rings. The standard InChI is InChI=1S/C13H17ClN2O2/c1-9(18)15-11-4-5-16(7-11)13-3-2-10(8-17)6-12(13)14/h2-3,6,11,17H,4-5,7-8H2,1H3,(H,15,18). The number of benzene rings is 1. The molecule has 0 aliphatic carbocycles. The van der Waals surface area contributed by atoms with Crippen LogP contribution in [0, 0.1) is 0 Å². The smallest absolute Gasteiger partial charge is 0.217 e. The monoisotopic (exact) mass is 268 g/mol. The van der Waals surface area contributed by atoms with E-state index in [1.54, 1.807) is 6.07 Å². The maximum Gasteiger partial charge on any atom is 0.217 e. The van der Waals surface area contributed by atoms with E-state index in [0.29, 0.717) is 5.02 Å². The van der Waals surface area contributed by atoms with Crippen molar-refractivity contribution in [2.24, 2.45) is 0 Å². The number of nitrogens with zero attached hydrogens (tertiary/aromatic N) is 1. The second-order valence-corrected chi connectivity index (χ2v) is 4.98. The predicted molar refractivity (Wildman–Crippen MR) is 71.8 cm³/mol. The van der Waals surface area contributed by atoms with Crippen molar-refractivity contribution in [1.82, 2.24) is 5.32 Å². The van der Waals surface area contributed by atoms with Crippen LogP contribution in [0.15, 0.2) is 18.2 Å². The summed E-state index contributed by atoms with van der Waals surface area (Å²) in [6, 6.07) is 5.76. The van der Waals surface area contributed by atoms with E-state index in [9.17, 15) is 4.79 Å².